The number of rotatable bonds is 7. The number of unbranched alkanes of at least 4 members (excludes halogenated alkanes) is 1. The van der Waals surface area contributed by atoms with Crippen LogP contribution in [0.15, 0.2) is 0 Å². The molecular weight excluding hydrogens is 301 g/mol. The zero-order valence-corrected chi connectivity index (χ0v) is 14.0. The molecule has 7 N–H and O–H groups in total. The van der Waals surface area contributed by atoms with E-state index in [9.17, 15) is 9.59 Å². The molecule has 8 nitrogen and oxygen atoms in total. The molecule has 9 heteroatoms. The normalized spacial score (nSPS) is 21.6. The van der Waals surface area contributed by atoms with Crippen LogP contribution >= 0.6 is 0 Å². The lowest BCUT2D eigenvalue weighted by molar-refractivity contribution is -0.140. The van der Waals surface area contributed by atoms with Gasteiger partial charge in [-0.3, -0.25) is 9.59 Å². The molecule has 0 saturated carbocycles. The molecule has 0 spiro atoms. The fraction of sp³-hybridized carbons (Fsp3) is 0.857. The van der Waals surface area contributed by atoms with Crippen molar-refractivity contribution in [3.05, 3.63) is 0 Å². The standard InChI is InChI=1S/C10H19N3O3.C4H11BO2/c1-2-7(11)9(14)13-6-3-4-12-8(5-6)10(15)16;1-2-3-4-5(6)7/h6-8,12H,2-5,11H2,1H3,(H,13,14)(H,15,16);6-7H,2-4H2,1H3. The van der Waals surface area contributed by atoms with Crippen molar-refractivity contribution >= 4 is 19.0 Å². The van der Waals surface area contributed by atoms with Crippen LogP contribution in [0.3, 0.4) is 0 Å². The monoisotopic (exact) mass is 331 g/mol. The maximum atomic E-state index is 11.5. The van der Waals surface area contributed by atoms with Gasteiger partial charge in [0.1, 0.15) is 6.04 Å². The third kappa shape index (κ3) is 10.3. The number of hydrogen-bond acceptors (Lipinski definition) is 6. The number of aliphatic carboxylic acids is 1. The van der Waals surface area contributed by atoms with Gasteiger partial charge in [0, 0.05) is 6.04 Å². The number of carbonyl (C=O) groups is 2. The lowest BCUT2D eigenvalue weighted by Gasteiger charge is -2.29. The second-order valence-electron chi connectivity index (χ2n) is 5.71. The molecule has 1 rings (SSSR count). The Morgan fingerprint density at radius 1 is 1.39 bits per heavy atom. The highest BCUT2D eigenvalue weighted by Crippen LogP contribution is 2.09. The number of carboxylic acids is 1. The van der Waals surface area contributed by atoms with Crippen molar-refractivity contribution in [2.45, 2.75) is 70.4 Å². The highest BCUT2D eigenvalue weighted by molar-refractivity contribution is 6.40. The number of amides is 1. The van der Waals surface area contributed by atoms with E-state index >= 15 is 0 Å². The minimum atomic E-state index is -1.10. The Morgan fingerprint density at radius 2 is 2.04 bits per heavy atom. The number of hydrogen-bond donors (Lipinski definition) is 6. The molecule has 1 aliphatic rings. The first-order chi connectivity index (χ1) is 10.8. The molecule has 0 aromatic rings. The van der Waals surface area contributed by atoms with Crippen LogP contribution in [-0.2, 0) is 9.59 Å². The Bertz CT molecular complexity index is 357. The Morgan fingerprint density at radius 3 is 2.48 bits per heavy atom. The molecule has 134 valence electrons. The topological polar surface area (TPSA) is 145 Å². The third-order valence-electron chi connectivity index (χ3n) is 3.64. The first-order valence-electron chi connectivity index (χ1n) is 8.20. The van der Waals surface area contributed by atoms with Gasteiger partial charge in [0.15, 0.2) is 0 Å². The fourth-order valence-corrected chi connectivity index (χ4v) is 2.12. The molecule has 3 atom stereocenters. The van der Waals surface area contributed by atoms with Crippen molar-refractivity contribution in [2.75, 3.05) is 6.54 Å². The largest absolute Gasteiger partial charge is 0.480 e. The van der Waals surface area contributed by atoms with E-state index in [1.807, 2.05) is 13.8 Å². The molecule has 3 unspecified atom stereocenters. The summed E-state index contributed by atoms with van der Waals surface area (Å²) in [5, 5.41) is 31.0. The van der Waals surface area contributed by atoms with Gasteiger partial charge in [-0.25, -0.2) is 0 Å². The van der Waals surface area contributed by atoms with Gasteiger partial charge < -0.3 is 31.5 Å². The molecule has 0 aliphatic carbocycles. The van der Waals surface area contributed by atoms with Gasteiger partial charge in [-0.2, -0.15) is 0 Å². The number of nitrogens with one attached hydrogen (secondary N) is 2. The summed E-state index contributed by atoms with van der Waals surface area (Å²) < 4.78 is 0. The second-order valence-corrected chi connectivity index (χ2v) is 5.71. The molecule has 1 amide bonds. The molecule has 0 aromatic carbocycles. The van der Waals surface area contributed by atoms with Gasteiger partial charge in [-0.1, -0.05) is 26.7 Å². The smallest absolute Gasteiger partial charge is 0.451 e. The van der Waals surface area contributed by atoms with E-state index in [1.54, 1.807) is 0 Å². The van der Waals surface area contributed by atoms with Crippen LogP contribution in [0.5, 0.6) is 0 Å². The number of nitrogens with two attached hydrogens (primary N) is 1. The Balaban J connectivity index is 0.000000585. The molecule has 1 fully saturated rings. The summed E-state index contributed by atoms with van der Waals surface area (Å²) in [4.78, 5) is 22.3. The van der Waals surface area contributed by atoms with E-state index in [2.05, 4.69) is 10.6 Å². The second kappa shape index (κ2) is 12.3. The van der Waals surface area contributed by atoms with Gasteiger partial charge in [0.25, 0.3) is 0 Å². The minimum absolute atomic E-state index is 0.0903. The zero-order valence-electron chi connectivity index (χ0n) is 14.0. The van der Waals surface area contributed by atoms with Crippen molar-refractivity contribution in [1.82, 2.24) is 10.6 Å². The molecule has 0 aromatic heterocycles. The Kier molecular flexibility index (Phi) is 11.7. The lowest BCUT2D eigenvalue weighted by atomic mass is 9.84. The van der Waals surface area contributed by atoms with E-state index in [4.69, 9.17) is 20.9 Å². The van der Waals surface area contributed by atoms with E-state index in [0.29, 0.717) is 25.7 Å². The summed E-state index contributed by atoms with van der Waals surface area (Å²) in [5.74, 6) is -1.07. The van der Waals surface area contributed by atoms with Crippen molar-refractivity contribution in [2.24, 2.45) is 5.73 Å². The van der Waals surface area contributed by atoms with E-state index < -0.39 is 25.2 Å². The summed E-state index contributed by atoms with van der Waals surface area (Å²) in [5.41, 5.74) is 5.58. The molecule has 0 radical (unpaired) electrons. The number of carbonyl (C=O) groups excluding carboxylic acids is 1. The lowest BCUT2D eigenvalue weighted by Crippen LogP contribution is -2.53. The van der Waals surface area contributed by atoms with Gasteiger partial charge in [0.2, 0.25) is 5.91 Å². The van der Waals surface area contributed by atoms with E-state index in [0.717, 1.165) is 19.3 Å². The van der Waals surface area contributed by atoms with Crippen molar-refractivity contribution in [3.63, 3.8) is 0 Å². The van der Waals surface area contributed by atoms with Gasteiger partial charge in [0.05, 0.1) is 6.04 Å². The first kappa shape index (κ1) is 21.8. The van der Waals surface area contributed by atoms with Crippen LogP contribution in [0, 0.1) is 0 Å². The van der Waals surface area contributed by atoms with Crippen LogP contribution in [0.25, 0.3) is 0 Å². The molecule has 0 bridgehead atoms. The molecule has 1 saturated heterocycles. The Labute approximate surface area is 138 Å². The predicted molar refractivity (Wildman–Crippen MR) is 88.8 cm³/mol. The van der Waals surface area contributed by atoms with Gasteiger partial charge in [-0.05, 0) is 32.1 Å². The first-order valence-corrected chi connectivity index (χ1v) is 8.20. The maximum absolute atomic E-state index is 11.5. The highest BCUT2D eigenvalue weighted by Gasteiger charge is 2.28. The van der Waals surface area contributed by atoms with Crippen molar-refractivity contribution < 1.29 is 24.7 Å². The molecule has 23 heavy (non-hydrogen) atoms. The summed E-state index contributed by atoms with van der Waals surface area (Å²) in [6.45, 7) is 4.46. The average Bonchev–Trinajstić information content (AvgIpc) is 2.52. The van der Waals surface area contributed by atoms with Crippen molar-refractivity contribution in [1.29, 1.82) is 0 Å². The average molecular weight is 331 g/mol. The fourth-order valence-electron chi connectivity index (χ4n) is 2.12. The Hall–Kier alpha value is -1.16. The van der Waals surface area contributed by atoms with Gasteiger partial charge in [-0.15, -0.1) is 0 Å². The van der Waals surface area contributed by atoms with Crippen LogP contribution < -0.4 is 16.4 Å². The highest BCUT2D eigenvalue weighted by atomic mass is 16.4. The van der Waals surface area contributed by atoms with Crippen molar-refractivity contribution in [3.8, 4) is 0 Å². The van der Waals surface area contributed by atoms with Crippen LogP contribution in [-0.4, -0.2) is 58.8 Å². The molecule has 1 heterocycles. The summed E-state index contributed by atoms with van der Waals surface area (Å²) in [6.07, 6.45) is 4.18. The van der Waals surface area contributed by atoms with Crippen LogP contribution in [0.4, 0.5) is 0 Å². The quantitative estimate of drug-likeness (QED) is 0.338. The summed E-state index contributed by atoms with van der Waals surface area (Å²) >= 11 is 0. The summed E-state index contributed by atoms with van der Waals surface area (Å²) in [7, 11) is -1.10. The minimum Gasteiger partial charge on any atom is -0.480 e. The van der Waals surface area contributed by atoms with Crippen LogP contribution in [0.1, 0.15) is 46.0 Å². The SMILES string of the molecule is CCC(N)C(=O)NC1CCNC(C(=O)O)C1.CCCCB(O)O. The zero-order chi connectivity index (χ0) is 17.8. The number of piperidine rings is 1. The van der Waals surface area contributed by atoms with Gasteiger partial charge >= 0.3 is 13.1 Å². The summed E-state index contributed by atoms with van der Waals surface area (Å²) in [6, 6.07) is -1.16. The van der Waals surface area contributed by atoms with E-state index in [-0.39, 0.29) is 11.9 Å². The molecular formula is C14H30BN3O5. The maximum Gasteiger partial charge on any atom is 0.451 e. The predicted octanol–water partition coefficient (Wildman–Crippen LogP) is -0.696. The molecule has 1 aliphatic heterocycles. The van der Waals surface area contributed by atoms with E-state index in [1.165, 1.54) is 0 Å². The van der Waals surface area contributed by atoms with Crippen LogP contribution in [0.2, 0.25) is 6.32 Å². The number of carboxylic acid groups (broad SMARTS) is 1. The third-order valence-corrected chi connectivity index (χ3v) is 3.64.